The average molecular weight is 258 g/mol. The van der Waals surface area contributed by atoms with Gasteiger partial charge in [-0.3, -0.25) is 4.79 Å². The van der Waals surface area contributed by atoms with Crippen LogP contribution in [-0.2, 0) is 16.1 Å². The summed E-state index contributed by atoms with van der Waals surface area (Å²) in [7, 11) is 0. The topological polar surface area (TPSA) is 69.7 Å². The fourth-order valence-corrected chi connectivity index (χ4v) is 1.38. The Bertz CT molecular complexity index is 398. The van der Waals surface area contributed by atoms with E-state index in [1.165, 1.54) is 0 Å². The van der Waals surface area contributed by atoms with Gasteiger partial charge < -0.3 is 13.6 Å². The average Bonchev–Trinajstić information content (AvgIpc) is 2.69. The number of carbonyl (C=O) groups is 1. The van der Waals surface area contributed by atoms with Crippen LogP contribution < -0.4 is 5.82 Å². The Morgan fingerprint density at radius 2 is 1.78 bits per heavy atom. The summed E-state index contributed by atoms with van der Waals surface area (Å²) >= 11 is 0. The van der Waals surface area contributed by atoms with Gasteiger partial charge in [0.1, 0.15) is 0 Å². The van der Waals surface area contributed by atoms with E-state index in [0.717, 1.165) is 12.8 Å². The second-order valence-corrected chi connectivity index (χ2v) is 3.55. The minimum absolute atomic E-state index is 0.0487. The minimum Gasteiger partial charge on any atom is -0.457 e. The monoisotopic (exact) mass is 258 g/mol. The number of hydrogen-bond acceptors (Lipinski definition) is 5. The van der Waals surface area contributed by atoms with Gasteiger partial charge in [0.05, 0.1) is 5.92 Å². The van der Waals surface area contributed by atoms with Gasteiger partial charge in [-0.25, -0.2) is 4.79 Å². The van der Waals surface area contributed by atoms with Crippen molar-refractivity contribution in [3.05, 3.63) is 22.1 Å². The molecule has 0 bridgehead atoms. The largest absolute Gasteiger partial charge is 0.519 e. The van der Waals surface area contributed by atoms with Crippen LogP contribution >= 0.6 is 0 Å². The molecule has 5 heteroatoms. The summed E-state index contributed by atoms with van der Waals surface area (Å²) in [6, 6.07) is 0. The van der Waals surface area contributed by atoms with Crippen molar-refractivity contribution in [1.82, 2.24) is 0 Å². The standard InChI is InChI=1S/C11H16O5.C2H6/c1-4-8(5-2)10(12)14-6-9-7(3)15-11(13)16-9;1-2/h8H,4-6H2,1-3H3;1-2H3. The molecule has 0 fully saturated rings. The number of hydrogen-bond donors (Lipinski definition) is 0. The van der Waals surface area contributed by atoms with E-state index < -0.39 is 5.82 Å². The van der Waals surface area contributed by atoms with Crippen molar-refractivity contribution in [1.29, 1.82) is 0 Å². The summed E-state index contributed by atoms with van der Waals surface area (Å²) in [5, 5.41) is 0. The van der Waals surface area contributed by atoms with Crippen LogP contribution in [0.2, 0.25) is 0 Å². The fraction of sp³-hybridized carbons (Fsp3) is 0.692. The molecule has 0 aromatic carbocycles. The van der Waals surface area contributed by atoms with Crippen molar-refractivity contribution in [3.63, 3.8) is 0 Å². The zero-order chi connectivity index (χ0) is 14.1. The van der Waals surface area contributed by atoms with Gasteiger partial charge in [-0.05, 0) is 19.8 Å². The van der Waals surface area contributed by atoms with Crippen molar-refractivity contribution >= 4 is 5.97 Å². The SMILES string of the molecule is CC.CCC(CC)C(=O)OCc1oc(=O)oc1C. The molecule has 1 aromatic heterocycles. The van der Waals surface area contributed by atoms with E-state index in [9.17, 15) is 9.59 Å². The molecule has 0 atom stereocenters. The summed E-state index contributed by atoms with van der Waals surface area (Å²) in [5.41, 5.74) is 0. The fourth-order valence-electron chi connectivity index (χ4n) is 1.38. The lowest BCUT2D eigenvalue weighted by Gasteiger charge is -2.10. The third kappa shape index (κ3) is 4.77. The molecule has 0 saturated heterocycles. The van der Waals surface area contributed by atoms with Crippen LogP contribution in [0.25, 0.3) is 0 Å². The highest BCUT2D eigenvalue weighted by Crippen LogP contribution is 2.12. The summed E-state index contributed by atoms with van der Waals surface area (Å²) in [4.78, 5) is 22.3. The van der Waals surface area contributed by atoms with E-state index in [0.29, 0.717) is 5.76 Å². The zero-order valence-corrected chi connectivity index (χ0v) is 11.7. The van der Waals surface area contributed by atoms with E-state index in [-0.39, 0.29) is 24.3 Å². The number of ether oxygens (including phenoxy) is 1. The van der Waals surface area contributed by atoms with Gasteiger partial charge in [-0.15, -0.1) is 0 Å². The molecule has 1 aromatic rings. The minimum atomic E-state index is -0.772. The highest BCUT2D eigenvalue weighted by Gasteiger charge is 2.17. The maximum absolute atomic E-state index is 11.5. The lowest BCUT2D eigenvalue weighted by atomic mass is 10.0. The lowest BCUT2D eigenvalue weighted by molar-refractivity contribution is -0.150. The third-order valence-electron chi connectivity index (χ3n) is 2.50. The lowest BCUT2D eigenvalue weighted by Crippen LogP contribution is -2.16. The molecule has 0 saturated carbocycles. The highest BCUT2D eigenvalue weighted by molar-refractivity contribution is 5.72. The molecule has 0 radical (unpaired) electrons. The molecule has 1 rings (SSSR count). The Labute approximate surface area is 107 Å². The van der Waals surface area contributed by atoms with Crippen molar-refractivity contribution in [2.24, 2.45) is 5.92 Å². The van der Waals surface area contributed by atoms with Crippen LogP contribution in [0.4, 0.5) is 0 Å². The van der Waals surface area contributed by atoms with Crippen molar-refractivity contribution < 1.29 is 18.4 Å². The van der Waals surface area contributed by atoms with Crippen LogP contribution in [0.3, 0.4) is 0 Å². The molecule has 5 nitrogen and oxygen atoms in total. The Morgan fingerprint density at radius 3 is 2.17 bits per heavy atom. The number of rotatable bonds is 5. The predicted octanol–water partition coefficient (Wildman–Crippen LogP) is 3.05. The van der Waals surface area contributed by atoms with Gasteiger partial charge >= 0.3 is 11.8 Å². The number of carbonyl (C=O) groups excluding carboxylic acids is 1. The van der Waals surface area contributed by atoms with E-state index in [1.807, 2.05) is 27.7 Å². The first-order valence-electron chi connectivity index (χ1n) is 6.34. The van der Waals surface area contributed by atoms with Crippen LogP contribution in [0, 0.1) is 12.8 Å². The van der Waals surface area contributed by atoms with Crippen molar-refractivity contribution in [2.45, 2.75) is 54.1 Å². The molecular weight excluding hydrogens is 236 g/mol. The Hall–Kier alpha value is -1.52. The van der Waals surface area contributed by atoms with E-state index >= 15 is 0 Å². The van der Waals surface area contributed by atoms with Crippen LogP contribution in [-0.4, -0.2) is 5.97 Å². The van der Waals surface area contributed by atoms with Crippen LogP contribution in [0.5, 0.6) is 0 Å². The molecule has 0 aliphatic heterocycles. The van der Waals surface area contributed by atoms with Crippen molar-refractivity contribution in [3.8, 4) is 0 Å². The molecule has 1 heterocycles. The Kier molecular flexibility index (Phi) is 7.83. The molecule has 104 valence electrons. The third-order valence-corrected chi connectivity index (χ3v) is 2.50. The maximum atomic E-state index is 11.5. The molecule has 0 aliphatic carbocycles. The summed E-state index contributed by atoms with van der Waals surface area (Å²) < 4.78 is 14.4. The molecule has 18 heavy (non-hydrogen) atoms. The maximum Gasteiger partial charge on any atom is 0.519 e. The molecule has 0 N–H and O–H groups in total. The first kappa shape index (κ1) is 16.5. The summed E-state index contributed by atoms with van der Waals surface area (Å²) in [5.74, 6) is -0.523. The first-order chi connectivity index (χ1) is 8.58. The number of esters is 1. The molecule has 0 aliphatic rings. The van der Waals surface area contributed by atoms with E-state index in [2.05, 4.69) is 4.42 Å². The Balaban J connectivity index is 0.00000137. The van der Waals surface area contributed by atoms with Gasteiger partial charge in [0.25, 0.3) is 0 Å². The smallest absolute Gasteiger partial charge is 0.457 e. The second-order valence-electron chi connectivity index (χ2n) is 3.55. The van der Waals surface area contributed by atoms with E-state index in [1.54, 1.807) is 6.92 Å². The van der Waals surface area contributed by atoms with Crippen LogP contribution in [0.15, 0.2) is 13.6 Å². The normalized spacial score (nSPS) is 9.89. The molecule has 0 spiro atoms. The summed E-state index contributed by atoms with van der Waals surface area (Å²) in [6.07, 6.45) is 1.48. The number of aryl methyl sites for hydroxylation is 1. The second kappa shape index (κ2) is 8.55. The van der Waals surface area contributed by atoms with Gasteiger partial charge in [0.2, 0.25) is 0 Å². The molecule has 0 amide bonds. The van der Waals surface area contributed by atoms with Crippen molar-refractivity contribution in [2.75, 3.05) is 0 Å². The van der Waals surface area contributed by atoms with Gasteiger partial charge in [0, 0.05) is 0 Å². The Morgan fingerprint density at radius 1 is 1.22 bits per heavy atom. The summed E-state index contributed by atoms with van der Waals surface area (Å²) in [6.45, 7) is 9.40. The molecule has 0 unspecified atom stereocenters. The van der Waals surface area contributed by atoms with Gasteiger partial charge in [-0.2, -0.15) is 0 Å². The van der Waals surface area contributed by atoms with Crippen LogP contribution in [0.1, 0.15) is 52.1 Å². The zero-order valence-electron chi connectivity index (χ0n) is 11.7. The highest BCUT2D eigenvalue weighted by atomic mass is 16.6. The van der Waals surface area contributed by atoms with E-state index in [4.69, 9.17) is 9.15 Å². The first-order valence-corrected chi connectivity index (χ1v) is 6.34. The predicted molar refractivity (Wildman–Crippen MR) is 67.2 cm³/mol. The molecular formula is C13H22O5. The van der Waals surface area contributed by atoms with Gasteiger partial charge in [0.15, 0.2) is 18.1 Å². The van der Waals surface area contributed by atoms with Gasteiger partial charge in [-0.1, -0.05) is 27.7 Å². The quantitative estimate of drug-likeness (QED) is 0.759.